The molecule has 0 aromatic heterocycles. The number of rotatable bonds is 6. The summed E-state index contributed by atoms with van der Waals surface area (Å²) in [7, 11) is -6.13. The molecule has 0 fully saturated rings. The van der Waals surface area contributed by atoms with Crippen LogP contribution in [0.15, 0.2) is 88.7 Å². The third-order valence-electron chi connectivity index (χ3n) is 4.07. The second kappa shape index (κ2) is 7.65. The van der Waals surface area contributed by atoms with E-state index in [1.807, 2.05) is 18.2 Å². The molecule has 0 amide bonds. The first-order chi connectivity index (χ1) is 13.2. The number of benzene rings is 3. The van der Waals surface area contributed by atoms with Gasteiger partial charge in [-0.1, -0.05) is 36.4 Å². The Hall–Kier alpha value is -2.84. The summed E-state index contributed by atoms with van der Waals surface area (Å²) in [6.07, 6.45) is 1.03. The van der Waals surface area contributed by atoms with Crippen molar-refractivity contribution in [3.63, 3.8) is 0 Å². The molecule has 146 valence electrons. The zero-order valence-electron chi connectivity index (χ0n) is 15.3. The van der Waals surface area contributed by atoms with Crippen LogP contribution in [0.4, 0.5) is 5.69 Å². The second-order valence-corrected chi connectivity index (χ2v) is 10.1. The van der Waals surface area contributed by atoms with Gasteiger partial charge in [-0.25, -0.2) is 16.8 Å². The van der Waals surface area contributed by atoms with Crippen molar-refractivity contribution >= 4 is 25.5 Å². The van der Waals surface area contributed by atoms with E-state index in [0.717, 1.165) is 16.6 Å². The molecule has 3 aromatic rings. The Kier molecular flexibility index (Phi) is 5.44. The first kappa shape index (κ1) is 19.9. The lowest BCUT2D eigenvalue weighted by molar-refractivity contribution is 0.483. The summed E-state index contributed by atoms with van der Waals surface area (Å²) < 4.78 is 56.7. The van der Waals surface area contributed by atoms with Crippen LogP contribution in [0.5, 0.6) is 11.5 Å². The molecule has 28 heavy (non-hydrogen) atoms. The topological polar surface area (TPSA) is 80.8 Å². The molecular formula is C20H19NO5S2. The molecular weight excluding hydrogens is 398 g/mol. The predicted octanol–water partition coefficient (Wildman–Crippen LogP) is 3.71. The standard InChI is InChI=1S/C20H19NO5S2/c1-21(28(24,25)18-12-8-11-17(15-18)27(2,22)23)19-13-6-7-14-20(19)26-16-9-4-3-5-10-16/h3-15H,1-2H3. The maximum absolute atomic E-state index is 13.1. The minimum Gasteiger partial charge on any atom is -0.455 e. The highest BCUT2D eigenvalue weighted by Gasteiger charge is 2.25. The number of ether oxygens (including phenoxy) is 1. The molecule has 3 aromatic carbocycles. The van der Waals surface area contributed by atoms with E-state index >= 15 is 0 Å². The zero-order valence-corrected chi connectivity index (χ0v) is 16.9. The van der Waals surface area contributed by atoms with Gasteiger partial charge in [-0.2, -0.15) is 0 Å². The second-order valence-electron chi connectivity index (χ2n) is 6.10. The van der Waals surface area contributed by atoms with Gasteiger partial charge in [0.25, 0.3) is 10.0 Å². The summed E-state index contributed by atoms with van der Waals surface area (Å²) in [5.74, 6) is 0.930. The molecule has 0 saturated heterocycles. The van der Waals surface area contributed by atoms with Crippen molar-refractivity contribution in [3.8, 4) is 11.5 Å². The van der Waals surface area contributed by atoms with E-state index in [4.69, 9.17) is 4.74 Å². The number of sulfonamides is 1. The summed E-state index contributed by atoms with van der Waals surface area (Å²) in [5.41, 5.74) is 0.330. The number of hydrogen-bond acceptors (Lipinski definition) is 5. The van der Waals surface area contributed by atoms with E-state index < -0.39 is 19.9 Å². The smallest absolute Gasteiger partial charge is 0.264 e. The Labute approximate surface area is 165 Å². The van der Waals surface area contributed by atoms with Crippen molar-refractivity contribution < 1.29 is 21.6 Å². The van der Waals surface area contributed by atoms with Crippen molar-refractivity contribution in [2.75, 3.05) is 17.6 Å². The molecule has 0 bridgehead atoms. The summed E-state index contributed by atoms with van der Waals surface area (Å²) in [6.45, 7) is 0. The van der Waals surface area contributed by atoms with Gasteiger partial charge in [-0.15, -0.1) is 0 Å². The fourth-order valence-corrected chi connectivity index (χ4v) is 4.57. The molecule has 8 heteroatoms. The monoisotopic (exact) mass is 417 g/mol. The van der Waals surface area contributed by atoms with Gasteiger partial charge in [-0.05, 0) is 42.5 Å². The van der Waals surface area contributed by atoms with Crippen LogP contribution < -0.4 is 9.04 Å². The van der Waals surface area contributed by atoms with Crippen LogP contribution in [0.3, 0.4) is 0 Å². The van der Waals surface area contributed by atoms with Gasteiger partial charge in [-0.3, -0.25) is 4.31 Å². The largest absolute Gasteiger partial charge is 0.455 e. The molecule has 0 unspecified atom stereocenters. The fourth-order valence-electron chi connectivity index (χ4n) is 2.57. The molecule has 0 aliphatic carbocycles. The van der Waals surface area contributed by atoms with Crippen LogP contribution in [0, 0.1) is 0 Å². The lowest BCUT2D eigenvalue weighted by Crippen LogP contribution is -2.27. The summed E-state index contributed by atoms with van der Waals surface area (Å²) in [5, 5.41) is 0. The van der Waals surface area contributed by atoms with Crippen molar-refractivity contribution in [3.05, 3.63) is 78.9 Å². The van der Waals surface area contributed by atoms with Gasteiger partial charge in [0.05, 0.1) is 15.5 Å². The van der Waals surface area contributed by atoms with E-state index in [0.29, 0.717) is 17.2 Å². The van der Waals surface area contributed by atoms with Gasteiger partial charge in [0.15, 0.2) is 15.6 Å². The van der Waals surface area contributed by atoms with Crippen molar-refractivity contribution in [2.24, 2.45) is 0 Å². The van der Waals surface area contributed by atoms with E-state index in [1.165, 1.54) is 25.2 Å². The molecule has 0 aliphatic rings. The van der Waals surface area contributed by atoms with Gasteiger partial charge < -0.3 is 4.74 Å². The lowest BCUT2D eigenvalue weighted by Gasteiger charge is -2.22. The van der Waals surface area contributed by atoms with Gasteiger partial charge in [0, 0.05) is 13.3 Å². The quantitative estimate of drug-likeness (QED) is 0.611. The van der Waals surface area contributed by atoms with Crippen molar-refractivity contribution in [1.82, 2.24) is 0 Å². The minimum absolute atomic E-state index is 0.0594. The Morgan fingerprint density at radius 2 is 1.36 bits per heavy atom. The molecule has 0 N–H and O–H groups in total. The fraction of sp³-hybridized carbons (Fsp3) is 0.100. The Bertz CT molecular complexity index is 1190. The van der Waals surface area contributed by atoms with Crippen LogP contribution in [-0.4, -0.2) is 30.1 Å². The summed E-state index contributed by atoms with van der Waals surface area (Å²) >= 11 is 0. The van der Waals surface area contributed by atoms with Gasteiger partial charge in [0.1, 0.15) is 5.75 Å². The zero-order chi connectivity index (χ0) is 20.4. The number of para-hydroxylation sites is 3. The summed E-state index contributed by atoms with van der Waals surface area (Å²) in [6, 6.07) is 21.0. The number of sulfone groups is 1. The molecule has 0 aliphatic heterocycles. The van der Waals surface area contributed by atoms with Crippen LogP contribution in [0.1, 0.15) is 0 Å². The third-order valence-corrected chi connectivity index (χ3v) is 6.95. The number of hydrogen-bond donors (Lipinski definition) is 0. The van der Waals surface area contributed by atoms with Crippen LogP contribution >= 0.6 is 0 Å². The van der Waals surface area contributed by atoms with E-state index in [9.17, 15) is 16.8 Å². The van der Waals surface area contributed by atoms with Crippen molar-refractivity contribution in [2.45, 2.75) is 9.79 Å². The average Bonchev–Trinajstić information content (AvgIpc) is 2.68. The van der Waals surface area contributed by atoms with Crippen molar-refractivity contribution in [1.29, 1.82) is 0 Å². The molecule has 0 saturated carbocycles. The van der Waals surface area contributed by atoms with E-state index in [-0.39, 0.29) is 9.79 Å². The van der Waals surface area contributed by atoms with Crippen LogP contribution in [-0.2, 0) is 19.9 Å². The maximum Gasteiger partial charge on any atom is 0.264 e. The SMILES string of the molecule is CN(c1ccccc1Oc1ccccc1)S(=O)(=O)c1cccc(S(C)(=O)=O)c1. The normalized spacial score (nSPS) is 11.8. The van der Waals surface area contributed by atoms with Crippen LogP contribution in [0.2, 0.25) is 0 Å². The highest BCUT2D eigenvalue weighted by molar-refractivity contribution is 7.93. The first-order valence-corrected chi connectivity index (χ1v) is 11.6. The first-order valence-electron chi connectivity index (χ1n) is 8.30. The number of nitrogens with zero attached hydrogens (tertiary/aromatic N) is 1. The molecule has 6 nitrogen and oxygen atoms in total. The Morgan fingerprint density at radius 1 is 0.750 bits per heavy atom. The maximum atomic E-state index is 13.1. The predicted molar refractivity (Wildman–Crippen MR) is 108 cm³/mol. The van der Waals surface area contributed by atoms with E-state index in [2.05, 4.69) is 0 Å². The van der Waals surface area contributed by atoms with Gasteiger partial charge in [0.2, 0.25) is 0 Å². The lowest BCUT2D eigenvalue weighted by atomic mass is 10.3. The Balaban J connectivity index is 2.01. The molecule has 0 spiro atoms. The average molecular weight is 418 g/mol. The summed E-state index contributed by atoms with van der Waals surface area (Å²) in [4.78, 5) is -0.178. The number of anilines is 1. The molecule has 0 radical (unpaired) electrons. The highest BCUT2D eigenvalue weighted by Crippen LogP contribution is 2.34. The molecule has 3 rings (SSSR count). The Morgan fingerprint density at radius 3 is 2.04 bits per heavy atom. The minimum atomic E-state index is -4.00. The van der Waals surface area contributed by atoms with Gasteiger partial charge >= 0.3 is 0 Å². The highest BCUT2D eigenvalue weighted by atomic mass is 32.2. The molecule has 0 heterocycles. The van der Waals surface area contributed by atoms with E-state index in [1.54, 1.807) is 36.4 Å². The molecule has 0 atom stereocenters. The van der Waals surface area contributed by atoms with Crippen LogP contribution in [0.25, 0.3) is 0 Å². The third kappa shape index (κ3) is 4.18.